The van der Waals surface area contributed by atoms with Crippen LogP contribution in [0.25, 0.3) is 21.8 Å². The molecule has 1 aromatic heterocycles. The third-order valence-electron chi connectivity index (χ3n) is 4.38. The van der Waals surface area contributed by atoms with Crippen LogP contribution in [0.3, 0.4) is 0 Å². The van der Waals surface area contributed by atoms with Crippen molar-refractivity contribution in [2.45, 2.75) is 6.92 Å². The van der Waals surface area contributed by atoms with Crippen LogP contribution >= 0.6 is 22.9 Å². The number of halogens is 2. The number of rotatable bonds is 4. The van der Waals surface area contributed by atoms with Crippen LogP contribution in [0.15, 0.2) is 72.8 Å². The van der Waals surface area contributed by atoms with Crippen molar-refractivity contribution in [2.24, 2.45) is 0 Å². The normalized spacial score (nSPS) is 10.7. The van der Waals surface area contributed by atoms with Crippen molar-refractivity contribution >= 4 is 33.8 Å². The van der Waals surface area contributed by atoms with E-state index in [1.165, 1.54) is 23.5 Å². The summed E-state index contributed by atoms with van der Waals surface area (Å²) in [5.74, 6) is -0.523. The molecule has 0 radical (unpaired) electrons. The standard InChI is InChI=1S/C23H16ClFN2OS/c1-14-2-4-16(5-3-14)21(28)27-23-20(15-6-10-18(24)11-7-15)26-22(29-23)17-8-12-19(25)13-9-17/h2-13H,1H3,(H,27,28). The molecule has 0 saturated heterocycles. The first-order valence-corrected chi connectivity index (χ1v) is 10.1. The summed E-state index contributed by atoms with van der Waals surface area (Å²) in [6.45, 7) is 1.97. The summed E-state index contributed by atoms with van der Waals surface area (Å²) in [7, 11) is 0. The van der Waals surface area contributed by atoms with Gasteiger partial charge in [0.05, 0.1) is 0 Å². The Labute approximate surface area is 176 Å². The predicted molar refractivity (Wildman–Crippen MR) is 117 cm³/mol. The van der Waals surface area contributed by atoms with Crippen molar-refractivity contribution in [1.29, 1.82) is 0 Å². The van der Waals surface area contributed by atoms with Gasteiger partial charge in [-0.2, -0.15) is 0 Å². The molecule has 1 heterocycles. The number of aryl methyl sites for hydroxylation is 1. The number of carbonyl (C=O) groups is 1. The maximum atomic E-state index is 13.3. The minimum Gasteiger partial charge on any atom is -0.312 e. The van der Waals surface area contributed by atoms with Crippen LogP contribution in [0.2, 0.25) is 5.02 Å². The maximum absolute atomic E-state index is 13.3. The first kappa shape index (κ1) is 19.3. The molecule has 0 atom stereocenters. The number of nitrogens with one attached hydrogen (secondary N) is 1. The molecule has 0 aliphatic rings. The van der Waals surface area contributed by atoms with Crippen molar-refractivity contribution in [3.05, 3.63) is 94.8 Å². The summed E-state index contributed by atoms with van der Waals surface area (Å²) in [5, 5.41) is 4.90. The molecule has 0 aliphatic carbocycles. The number of thiazole rings is 1. The van der Waals surface area contributed by atoms with Gasteiger partial charge in [-0.25, -0.2) is 9.37 Å². The van der Waals surface area contributed by atoms with Crippen molar-refractivity contribution in [3.63, 3.8) is 0 Å². The summed E-state index contributed by atoms with van der Waals surface area (Å²) in [6, 6.07) is 20.8. The van der Waals surface area contributed by atoms with E-state index in [9.17, 15) is 9.18 Å². The van der Waals surface area contributed by atoms with E-state index in [-0.39, 0.29) is 11.7 Å². The zero-order valence-corrected chi connectivity index (χ0v) is 17.0. The van der Waals surface area contributed by atoms with Gasteiger partial charge in [0.25, 0.3) is 5.91 Å². The largest absolute Gasteiger partial charge is 0.312 e. The zero-order valence-electron chi connectivity index (χ0n) is 15.4. The number of anilines is 1. The van der Waals surface area contributed by atoms with E-state index in [0.717, 1.165) is 16.7 Å². The van der Waals surface area contributed by atoms with Gasteiger partial charge in [-0.1, -0.05) is 52.8 Å². The molecular formula is C23H16ClFN2OS. The monoisotopic (exact) mass is 422 g/mol. The third-order valence-corrected chi connectivity index (χ3v) is 5.65. The highest BCUT2D eigenvalue weighted by atomic mass is 35.5. The van der Waals surface area contributed by atoms with E-state index in [2.05, 4.69) is 5.32 Å². The average molecular weight is 423 g/mol. The molecule has 6 heteroatoms. The Morgan fingerprint density at radius 3 is 2.21 bits per heavy atom. The SMILES string of the molecule is Cc1ccc(C(=O)Nc2sc(-c3ccc(F)cc3)nc2-c2ccc(Cl)cc2)cc1. The van der Waals surface area contributed by atoms with Crippen molar-refractivity contribution in [2.75, 3.05) is 5.32 Å². The fourth-order valence-corrected chi connectivity index (χ4v) is 3.92. The van der Waals surface area contributed by atoms with Gasteiger partial charge in [-0.3, -0.25) is 4.79 Å². The topological polar surface area (TPSA) is 42.0 Å². The molecule has 3 aromatic carbocycles. The van der Waals surface area contributed by atoms with Gasteiger partial charge in [0.15, 0.2) is 0 Å². The smallest absolute Gasteiger partial charge is 0.256 e. The number of benzene rings is 3. The number of nitrogens with zero attached hydrogens (tertiary/aromatic N) is 1. The molecule has 1 N–H and O–H groups in total. The number of hydrogen-bond donors (Lipinski definition) is 1. The number of carbonyl (C=O) groups excluding carboxylic acids is 1. The Bertz CT molecular complexity index is 1150. The Hall–Kier alpha value is -3.02. The molecule has 0 spiro atoms. The number of hydrogen-bond acceptors (Lipinski definition) is 3. The molecule has 144 valence electrons. The highest BCUT2D eigenvalue weighted by molar-refractivity contribution is 7.19. The van der Waals surface area contributed by atoms with E-state index in [0.29, 0.717) is 26.3 Å². The summed E-state index contributed by atoms with van der Waals surface area (Å²) in [6.07, 6.45) is 0. The summed E-state index contributed by atoms with van der Waals surface area (Å²) in [5.41, 5.74) is 3.90. The van der Waals surface area contributed by atoms with Crippen LogP contribution in [-0.4, -0.2) is 10.9 Å². The van der Waals surface area contributed by atoms with Gasteiger partial charge in [0, 0.05) is 21.7 Å². The lowest BCUT2D eigenvalue weighted by atomic mass is 10.1. The van der Waals surface area contributed by atoms with E-state index in [4.69, 9.17) is 16.6 Å². The van der Waals surface area contributed by atoms with Gasteiger partial charge in [0.1, 0.15) is 21.5 Å². The quantitative estimate of drug-likeness (QED) is 0.391. The summed E-state index contributed by atoms with van der Waals surface area (Å²) < 4.78 is 13.3. The first-order chi connectivity index (χ1) is 14.0. The fourth-order valence-electron chi connectivity index (χ4n) is 2.80. The van der Waals surface area contributed by atoms with Crippen LogP contribution in [0.5, 0.6) is 0 Å². The lowest BCUT2D eigenvalue weighted by Crippen LogP contribution is -2.11. The van der Waals surface area contributed by atoms with Gasteiger partial charge in [0.2, 0.25) is 0 Å². The molecule has 29 heavy (non-hydrogen) atoms. The van der Waals surface area contributed by atoms with Crippen LogP contribution in [-0.2, 0) is 0 Å². The molecule has 4 rings (SSSR count). The fraction of sp³-hybridized carbons (Fsp3) is 0.0435. The zero-order chi connectivity index (χ0) is 20.4. The predicted octanol–water partition coefficient (Wildman–Crippen LogP) is 6.83. The molecular weight excluding hydrogens is 407 g/mol. The second-order valence-corrected chi connectivity index (χ2v) is 7.97. The minimum atomic E-state index is -0.309. The summed E-state index contributed by atoms with van der Waals surface area (Å²) >= 11 is 7.35. The first-order valence-electron chi connectivity index (χ1n) is 8.90. The van der Waals surface area contributed by atoms with E-state index in [1.54, 1.807) is 36.4 Å². The van der Waals surface area contributed by atoms with Gasteiger partial charge in [-0.15, -0.1) is 0 Å². The molecule has 4 aromatic rings. The van der Waals surface area contributed by atoms with Crippen molar-refractivity contribution in [1.82, 2.24) is 4.98 Å². The van der Waals surface area contributed by atoms with Crippen molar-refractivity contribution in [3.8, 4) is 21.8 Å². The Balaban J connectivity index is 1.73. The maximum Gasteiger partial charge on any atom is 0.256 e. The molecule has 0 bridgehead atoms. The Morgan fingerprint density at radius 2 is 1.55 bits per heavy atom. The van der Waals surface area contributed by atoms with E-state index in [1.807, 2.05) is 31.2 Å². The van der Waals surface area contributed by atoms with Crippen LogP contribution in [0, 0.1) is 12.7 Å². The second kappa shape index (κ2) is 8.15. The van der Waals surface area contributed by atoms with Crippen molar-refractivity contribution < 1.29 is 9.18 Å². The highest BCUT2D eigenvalue weighted by Crippen LogP contribution is 2.38. The minimum absolute atomic E-state index is 0.213. The van der Waals surface area contributed by atoms with Crippen LogP contribution < -0.4 is 5.32 Å². The number of amides is 1. The van der Waals surface area contributed by atoms with E-state index < -0.39 is 0 Å². The van der Waals surface area contributed by atoms with Gasteiger partial charge < -0.3 is 5.32 Å². The molecule has 0 saturated carbocycles. The lowest BCUT2D eigenvalue weighted by Gasteiger charge is -2.06. The van der Waals surface area contributed by atoms with Crippen LogP contribution in [0.4, 0.5) is 9.39 Å². The van der Waals surface area contributed by atoms with Gasteiger partial charge in [-0.05, 0) is 55.5 Å². The molecule has 0 unspecified atom stereocenters. The van der Waals surface area contributed by atoms with E-state index >= 15 is 0 Å². The van der Waals surface area contributed by atoms with Gasteiger partial charge >= 0.3 is 0 Å². The lowest BCUT2D eigenvalue weighted by molar-refractivity contribution is 0.102. The Morgan fingerprint density at radius 1 is 0.931 bits per heavy atom. The highest BCUT2D eigenvalue weighted by Gasteiger charge is 2.17. The Kier molecular flexibility index (Phi) is 5.43. The van der Waals surface area contributed by atoms with Crippen LogP contribution in [0.1, 0.15) is 15.9 Å². The molecule has 0 aliphatic heterocycles. The molecule has 1 amide bonds. The number of aromatic nitrogens is 1. The second-order valence-electron chi connectivity index (χ2n) is 6.53. The third kappa shape index (κ3) is 4.36. The molecule has 3 nitrogen and oxygen atoms in total. The summed E-state index contributed by atoms with van der Waals surface area (Å²) in [4.78, 5) is 17.5. The average Bonchev–Trinajstić information content (AvgIpc) is 3.13. The molecule has 0 fully saturated rings.